The van der Waals surface area contributed by atoms with Gasteiger partial charge in [0.2, 0.25) is 0 Å². The van der Waals surface area contributed by atoms with Crippen molar-refractivity contribution in [2.24, 2.45) is 0 Å². The van der Waals surface area contributed by atoms with Crippen LogP contribution in [-0.2, 0) is 15.1 Å². The topological polar surface area (TPSA) is 46.5 Å². The highest BCUT2D eigenvalue weighted by molar-refractivity contribution is 5.90. The molecule has 0 fully saturated rings. The maximum atomic E-state index is 11.1. The van der Waals surface area contributed by atoms with Gasteiger partial charge in [-0.1, -0.05) is 81.9 Å². The maximum Gasteiger partial charge on any atom is 0.335 e. The Morgan fingerprint density at radius 1 is 1.08 bits per heavy atom. The van der Waals surface area contributed by atoms with Crippen molar-refractivity contribution in [1.29, 1.82) is 0 Å². The van der Waals surface area contributed by atoms with Gasteiger partial charge in [-0.3, -0.25) is 0 Å². The van der Waals surface area contributed by atoms with Crippen LogP contribution in [0, 0.1) is 0 Å². The molecular formula is C22H30O3. The molecule has 1 aromatic carbocycles. The average molecular weight is 342 g/mol. The van der Waals surface area contributed by atoms with Crippen LogP contribution in [0.25, 0.3) is 0 Å². The van der Waals surface area contributed by atoms with Crippen molar-refractivity contribution >= 4 is 5.97 Å². The van der Waals surface area contributed by atoms with Crippen LogP contribution in [0.15, 0.2) is 54.1 Å². The van der Waals surface area contributed by atoms with Crippen LogP contribution in [0.2, 0.25) is 0 Å². The van der Waals surface area contributed by atoms with E-state index in [1.54, 1.807) is 12.2 Å². The van der Waals surface area contributed by atoms with E-state index in [1.807, 2.05) is 24.3 Å². The van der Waals surface area contributed by atoms with E-state index in [2.05, 4.69) is 19.1 Å². The van der Waals surface area contributed by atoms with E-state index in [4.69, 9.17) is 9.84 Å². The van der Waals surface area contributed by atoms with Gasteiger partial charge in [0.05, 0.1) is 5.57 Å². The highest BCUT2D eigenvalue weighted by atomic mass is 16.5. The van der Waals surface area contributed by atoms with Gasteiger partial charge in [-0.15, -0.1) is 0 Å². The Kier molecular flexibility index (Phi) is 7.93. The van der Waals surface area contributed by atoms with Gasteiger partial charge in [0.1, 0.15) is 5.60 Å². The first-order valence-corrected chi connectivity index (χ1v) is 9.50. The van der Waals surface area contributed by atoms with E-state index in [0.717, 1.165) is 12.0 Å². The molecule has 25 heavy (non-hydrogen) atoms. The molecule has 0 saturated carbocycles. The summed E-state index contributed by atoms with van der Waals surface area (Å²) in [6.45, 7) is 2.93. The van der Waals surface area contributed by atoms with Gasteiger partial charge in [0.15, 0.2) is 0 Å². The van der Waals surface area contributed by atoms with Crippen LogP contribution >= 0.6 is 0 Å². The van der Waals surface area contributed by atoms with Crippen molar-refractivity contribution in [3.05, 3.63) is 59.7 Å². The number of carboxylic acids is 1. The fourth-order valence-corrected chi connectivity index (χ4v) is 3.22. The van der Waals surface area contributed by atoms with Crippen molar-refractivity contribution in [2.75, 3.05) is 6.61 Å². The van der Waals surface area contributed by atoms with Gasteiger partial charge >= 0.3 is 5.97 Å². The van der Waals surface area contributed by atoms with E-state index in [0.29, 0.717) is 18.6 Å². The lowest BCUT2D eigenvalue weighted by atomic mass is 9.85. The molecule has 3 nitrogen and oxygen atoms in total. The monoisotopic (exact) mass is 342 g/mol. The summed E-state index contributed by atoms with van der Waals surface area (Å²) in [6.07, 6.45) is 14.7. The minimum atomic E-state index is -0.884. The molecule has 1 aromatic rings. The Morgan fingerprint density at radius 2 is 1.76 bits per heavy atom. The molecule has 0 aliphatic heterocycles. The molecule has 1 aliphatic carbocycles. The predicted molar refractivity (Wildman–Crippen MR) is 102 cm³/mol. The third-order valence-electron chi connectivity index (χ3n) is 4.77. The second kappa shape index (κ2) is 10.2. The summed E-state index contributed by atoms with van der Waals surface area (Å²) in [5, 5.41) is 9.15. The second-order valence-corrected chi connectivity index (χ2v) is 6.73. The number of carbonyl (C=O) groups is 1. The normalized spacial score (nSPS) is 19.6. The zero-order valence-corrected chi connectivity index (χ0v) is 15.2. The molecule has 0 radical (unpaired) electrons. The summed E-state index contributed by atoms with van der Waals surface area (Å²) in [7, 11) is 0. The van der Waals surface area contributed by atoms with Crippen molar-refractivity contribution < 1.29 is 14.6 Å². The quantitative estimate of drug-likeness (QED) is 0.531. The summed E-state index contributed by atoms with van der Waals surface area (Å²) in [5.74, 6) is -0.884. The molecule has 1 atom stereocenters. The third-order valence-corrected chi connectivity index (χ3v) is 4.77. The molecule has 1 unspecified atom stereocenters. The van der Waals surface area contributed by atoms with Crippen LogP contribution in [0.5, 0.6) is 0 Å². The van der Waals surface area contributed by atoms with Crippen molar-refractivity contribution in [3.63, 3.8) is 0 Å². The fourth-order valence-electron chi connectivity index (χ4n) is 3.22. The summed E-state index contributed by atoms with van der Waals surface area (Å²) >= 11 is 0. The highest BCUT2D eigenvalue weighted by Gasteiger charge is 2.32. The van der Waals surface area contributed by atoms with Crippen LogP contribution < -0.4 is 0 Å². The van der Waals surface area contributed by atoms with Gasteiger partial charge in [-0.05, 0) is 24.1 Å². The number of rotatable bonds is 11. The zero-order chi connectivity index (χ0) is 18.0. The van der Waals surface area contributed by atoms with Crippen molar-refractivity contribution in [3.8, 4) is 0 Å². The number of hydrogen-bond acceptors (Lipinski definition) is 2. The maximum absolute atomic E-state index is 11.1. The molecule has 136 valence electrons. The van der Waals surface area contributed by atoms with Crippen molar-refractivity contribution in [2.45, 2.75) is 63.9 Å². The summed E-state index contributed by atoms with van der Waals surface area (Å²) in [6, 6.07) is 10.1. The summed E-state index contributed by atoms with van der Waals surface area (Å²) in [5.41, 5.74) is 0.878. The van der Waals surface area contributed by atoms with Gasteiger partial charge in [0.25, 0.3) is 0 Å². The van der Waals surface area contributed by atoms with Crippen LogP contribution in [0.4, 0.5) is 0 Å². The minimum absolute atomic E-state index is 0.339. The third kappa shape index (κ3) is 5.86. The van der Waals surface area contributed by atoms with Gasteiger partial charge < -0.3 is 9.84 Å². The smallest absolute Gasteiger partial charge is 0.335 e. The fraction of sp³-hybridized carbons (Fsp3) is 0.500. The predicted octanol–water partition coefficient (Wildman–Crippen LogP) is 5.62. The number of carboxylic acid groups (broad SMARTS) is 1. The SMILES string of the molecule is CCCCCCCCCOC1(c2ccccc2)C=CC(C(=O)O)=CC1. The summed E-state index contributed by atoms with van der Waals surface area (Å²) < 4.78 is 6.29. The Morgan fingerprint density at radius 3 is 2.36 bits per heavy atom. The number of hydrogen-bond donors (Lipinski definition) is 1. The van der Waals surface area contributed by atoms with E-state index in [-0.39, 0.29) is 0 Å². The Bertz CT molecular complexity index is 589. The lowest BCUT2D eigenvalue weighted by molar-refractivity contribution is -0.132. The number of aliphatic carboxylic acids is 1. The molecule has 0 spiro atoms. The average Bonchev–Trinajstić information content (AvgIpc) is 2.65. The Labute approximate surface area is 151 Å². The standard InChI is InChI=1S/C22H30O3/c1-2-3-4-5-6-7-11-18-25-22(20-12-9-8-10-13-20)16-14-19(15-17-22)21(23)24/h8-10,12-16H,2-7,11,17-18H2,1H3,(H,23,24). The van der Waals surface area contributed by atoms with Crippen LogP contribution in [-0.4, -0.2) is 17.7 Å². The molecule has 3 heteroatoms. The highest BCUT2D eigenvalue weighted by Crippen LogP contribution is 2.35. The Hall–Kier alpha value is -1.87. The molecule has 0 saturated heterocycles. The summed E-state index contributed by atoms with van der Waals surface area (Å²) in [4.78, 5) is 11.1. The molecule has 0 amide bonds. The van der Waals surface area contributed by atoms with Gasteiger partial charge in [-0.2, -0.15) is 0 Å². The number of ether oxygens (including phenoxy) is 1. The minimum Gasteiger partial charge on any atom is -0.478 e. The van der Waals surface area contributed by atoms with Gasteiger partial charge in [0, 0.05) is 13.0 Å². The van der Waals surface area contributed by atoms with E-state index in [1.165, 1.54) is 38.5 Å². The lowest BCUT2D eigenvalue weighted by Crippen LogP contribution is -2.29. The molecule has 2 rings (SSSR count). The van der Waals surface area contributed by atoms with Gasteiger partial charge in [-0.25, -0.2) is 4.79 Å². The first-order chi connectivity index (χ1) is 12.2. The van der Waals surface area contributed by atoms with Crippen LogP contribution in [0.3, 0.4) is 0 Å². The molecule has 1 aliphatic rings. The first-order valence-electron chi connectivity index (χ1n) is 9.50. The molecule has 0 aromatic heterocycles. The largest absolute Gasteiger partial charge is 0.478 e. The molecule has 1 N–H and O–H groups in total. The second-order valence-electron chi connectivity index (χ2n) is 6.73. The van der Waals surface area contributed by atoms with Crippen molar-refractivity contribution in [1.82, 2.24) is 0 Å². The zero-order valence-electron chi connectivity index (χ0n) is 15.2. The number of benzene rings is 1. The van der Waals surface area contributed by atoms with E-state index >= 15 is 0 Å². The number of unbranched alkanes of at least 4 members (excludes halogenated alkanes) is 6. The van der Waals surface area contributed by atoms with E-state index in [9.17, 15) is 4.79 Å². The Balaban J connectivity index is 1.90. The van der Waals surface area contributed by atoms with Crippen LogP contribution in [0.1, 0.15) is 63.9 Å². The van der Waals surface area contributed by atoms with E-state index < -0.39 is 11.6 Å². The lowest BCUT2D eigenvalue weighted by Gasteiger charge is -2.33. The molecule has 0 heterocycles. The molecular weight excluding hydrogens is 312 g/mol. The molecule has 0 bridgehead atoms. The first kappa shape index (κ1) is 19.5.